The van der Waals surface area contributed by atoms with Gasteiger partial charge in [0.05, 0.1) is 6.10 Å². The molecule has 0 aliphatic heterocycles. The summed E-state index contributed by atoms with van der Waals surface area (Å²) < 4.78 is 0. The molecule has 2 rings (SSSR count). The van der Waals surface area contributed by atoms with E-state index in [9.17, 15) is 5.11 Å². The molecule has 0 aromatic carbocycles. The predicted molar refractivity (Wildman–Crippen MR) is 119 cm³/mol. The van der Waals surface area contributed by atoms with Gasteiger partial charge in [-0.2, -0.15) is 0 Å². The van der Waals surface area contributed by atoms with Crippen LogP contribution in [0.2, 0.25) is 0 Å². The molecule has 2 saturated carbocycles. The van der Waals surface area contributed by atoms with Gasteiger partial charge in [0.25, 0.3) is 0 Å². The van der Waals surface area contributed by atoms with E-state index in [4.69, 9.17) is 0 Å². The Morgan fingerprint density at radius 3 is 2.59 bits per heavy atom. The van der Waals surface area contributed by atoms with E-state index in [2.05, 4.69) is 59.4 Å². The van der Waals surface area contributed by atoms with Crippen LogP contribution in [0.1, 0.15) is 92.4 Å². The van der Waals surface area contributed by atoms with Gasteiger partial charge in [-0.05, 0) is 67.1 Å². The van der Waals surface area contributed by atoms with Crippen LogP contribution in [0.4, 0.5) is 0 Å². The lowest BCUT2D eigenvalue weighted by Crippen LogP contribution is -2.43. The molecule has 0 radical (unpaired) electrons. The first-order chi connectivity index (χ1) is 12.7. The minimum atomic E-state index is -0.422. The SMILES string of the molecule is C=CC(O)C/C=C\C=C1/CCCC2(C)C([C@H](C)CCCC(C)C)CCC12C. The van der Waals surface area contributed by atoms with Crippen LogP contribution >= 0.6 is 0 Å². The third-order valence-corrected chi connectivity index (χ3v) is 8.10. The van der Waals surface area contributed by atoms with Gasteiger partial charge in [-0.15, -0.1) is 6.58 Å². The third kappa shape index (κ3) is 4.97. The molecule has 1 nitrogen and oxygen atoms in total. The largest absolute Gasteiger partial charge is 0.389 e. The Hall–Kier alpha value is -0.820. The Morgan fingerprint density at radius 2 is 1.93 bits per heavy atom. The van der Waals surface area contributed by atoms with Crippen LogP contribution in [0.3, 0.4) is 0 Å². The second-order valence-electron chi connectivity index (χ2n) is 10.2. The second kappa shape index (κ2) is 9.59. The van der Waals surface area contributed by atoms with Gasteiger partial charge in [-0.25, -0.2) is 0 Å². The van der Waals surface area contributed by atoms with E-state index in [-0.39, 0.29) is 0 Å². The number of allylic oxidation sites excluding steroid dienone is 3. The molecule has 0 aromatic rings. The summed E-state index contributed by atoms with van der Waals surface area (Å²) in [7, 11) is 0. The molecule has 5 atom stereocenters. The standard InChI is InChI=1S/C26H44O/c1-7-23(27)16-9-8-14-22-15-11-18-26(6)24(17-19-25(22,26)5)21(4)13-10-12-20(2)3/h7-9,14,20-21,23-24,27H,1,10-13,15-19H2,2-6H3/b9-8-,22-14+/t21-,23?,24?,25?,26?/m1/s1. The molecule has 27 heavy (non-hydrogen) atoms. The number of hydrogen-bond donors (Lipinski definition) is 1. The summed E-state index contributed by atoms with van der Waals surface area (Å²) in [6.07, 6.45) is 19.4. The zero-order valence-corrected chi connectivity index (χ0v) is 18.6. The summed E-state index contributed by atoms with van der Waals surface area (Å²) in [6.45, 7) is 16.0. The molecule has 2 aliphatic carbocycles. The third-order valence-electron chi connectivity index (χ3n) is 8.10. The normalized spacial score (nSPS) is 34.9. The highest BCUT2D eigenvalue weighted by molar-refractivity contribution is 5.28. The average Bonchev–Trinajstić information content (AvgIpc) is 2.90. The van der Waals surface area contributed by atoms with Crippen molar-refractivity contribution in [3.8, 4) is 0 Å². The smallest absolute Gasteiger partial charge is 0.0752 e. The minimum absolute atomic E-state index is 0.351. The van der Waals surface area contributed by atoms with Crippen molar-refractivity contribution in [3.63, 3.8) is 0 Å². The Balaban J connectivity index is 2.09. The van der Waals surface area contributed by atoms with Crippen LogP contribution in [-0.2, 0) is 0 Å². The van der Waals surface area contributed by atoms with Crippen LogP contribution in [0.5, 0.6) is 0 Å². The van der Waals surface area contributed by atoms with Crippen molar-refractivity contribution < 1.29 is 5.11 Å². The van der Waals surface area contributed by atoms with Crippen molar-refractivity contribution >= 4 is 0 Å². The molecule has 1 heteroatoms. The Labute approximate surface area is 169 Å². The van der Waals surface area contributed by atoms with Crippen molar-refractivity contribution in [1.29, 1.82) is 0 Å². The van der Waals surface area contributed by atoms with Gasteiger partial charge in [0.15, 0.2) is 0 Å². The van der Waals surface area contributed by atoms with Gasteiger partial charge in [0.1, 0.15) is 0 Å². The number of aliphatic hydroxyl groups excluding tert-OH is 1. The number of hydrogen-bond acceptors (Lipinski definition) is 1. The lowest BCUT2D eigenvalue weighted by Gasteiger charge is -2.51. The molecule has 4 unspecified atom stereocenters. The quantitative estimate of drug-likeness (QED) is 0.416. The van der Waals surface area contributed by atoms with E-state index in [1.807, 2.05) is 0 Å². The van der Waals surface area contributed by atoms with Crippen LogP contribution in [0, 0.1) is 28.6 Å². The first-order valence-corrected chi connectivity index (χ1v) is 11.4. The highest BCUT2D eigenvalue weighted by Gasteiger charge is 2.57. The van der Waals surface area contributed by atoms with Crippen molar-refractivity contribution in [1.82, 2.24) is 0 Å². The molecule has 0 spiro atoms. The number of rotatable bonds is 9. The fourth-order valence-corrected chi connectivity index (χ4v) is 6.10. The van der Waals surface area contributed by atoms with Crippen molar-refractivity contribution in [2.45, 2.75) is 98.5 Å². The molecule has 0 saturated heterocycles. The van der Waals surface area contributed by atoms with E-state index in [0.717, 1.165) is 17.8 Å². The molecule has 1 N–H and O–H groups in total. The number of aliphatic hydroxyl groups is 1. The summed E-state index contributed by atoms with van der Waals surface area (Å²) in [5, 5.41) is 9.65. The van der Waals surface area contributed by atoms with E-state index in [0.29, 0.717) is 17.3 Å². The zero-order valence-electron chi connectivity index (χ0n) is 18.6. The summed E-state index contributed by atoms with van der Waals surface area (Å²) in [5.41, 5.74) is 2.45. The molecule has 154 valence electrons. The Morgan fingerprint density at radius 1 is 1.19 bits per heavy atom. The maximum absolute atomic E-state index is 9.65. The van der Waals surface area contributed by atoms with E-state index in [1.54, 1.807) is 11.6 Å². The zero-order chi connectivity index (χ0) is 20.1. The van der Waals surface area contributed by atoms with Gasteiger partial charge in [0, 0.05) is 0 Å². The molecule has 0 amide bonds. The lowest BCUT2D eigenvalue weighted by atomic mass is 9.53. The first-order valence-electron chi connectivity index (χ1n) is 11.4. The van der Waals surface area contributed by atoms with Crippen LogP contribution in [-0.4, -0.2) is 11.2 Å². The minimum Gasteiger partial charge on any atom is -0.389 e. The molecular weight excluding hydrogens is 328 g/mol. The maximum atomic E-state index is 9.65. The lowest BCUT2D eigenvalue weighted by molar-refractivity contribution is 0.0341. The first kappa shape index (κ1) is 22.5. The second-order valence-corrected chi connectivity index (χ2v) is 10.2. The van der Waals surface area contributed by atoms with Gasteiger partial charge >= 0.3 is 0 Å². The highest BCUT2D eigenvalue weighted by Crippen LogP contribution is 2.67. The Bertz CT molecular complexity index is 542. The van der Waals surface area contributed by atoms with Gasteiger partial charge in [-0.3, -0.25) is 0 Å². The van der Waals surface area contributed by atoms with Crippen molar-refractivity contribution in [3.05, 3.63) is 36.5 Å². The van der Waals surface area contributed by atoms with Crippen LogP contribution < -0.4 is 0 Å². The van der Waals surface area contributed by atoms with Crippen LogP contribution in [0.25, 0.3) is 0 Å². The number of fused-ring (bicyclic) bond motifs is 1. The van der Waals surface area contributed by atoms with Gasteiger partial charge in [-0.1, -0.05) is 83.8 Å². The molecule has 2 fully saturated rings. The van der Waals surface area contributed by atoms with Crippen molar-refractivity contribution in [2.75, 3.05) is 0 Å². The van der Waals surface area contributed by atoms with Gasteiger partial charge < -0.3 is 5.11 Å². The maximum Gasteiger partial charge on any atom is 0.0752 e. The summed E-state index contributed by atoms with van der Waals surface area (Å²) >= 11 is 0. The van der Waals surface area contributed by atoms with E-state index < -0.39 is 6.10 Å². The molecule has 0 bridgehead atoms. The van der Waals surface area contributed by atoms with E-state index in [1.165, 1.54) is 51.4 Å². The van der Waals surface area contributed by atoms with Gasteiger partial charge in [0.2, 0.25) is 0 Å². The predicted octanol–water partition coefficient (Wildman–Crippen LogP) is 7.47. The van der Waals surface area contributed by atoms with E-state index >= 15 is 0 Å². The monoisotopic (exact) mass is 372 g/mol. The topological polar surface area (TPSA) is 20.2 Å². The summed E-state index contributed by atoms with van der Waals surface area (Å²) in [6, 6.07) is 0. The van der Waals surface area contributed by atoms with Crippen molar-refractivity contribution in [2.24, 2.45) is 28.6 Å². The fourth-order valence-electron chi connectivity index (χ4n) is 6.10. The van der Waals surface area contributed by atoms with Crippen LogP contribution in [0.15, 0.2) is 36.5 Å². The fraction of sp³-hybridized carbons (Fsp3) is 0.769. The molecular formula is C26H44O. The molecule has 0 heterocycles. The summed E-state index contributed by atoms with van der Waals surface area (Å²) in [4.78, 5) is 0. The Kier molecular flexibility index (Phi) is 7.98. The molecule has 0 aromatic heterocycles. The average molecular weight is 373 g/mol. The molecule has 2 aliphatic rings. The summed E-state index contributed by atoms with van der Waals surface area (Å²) in [5.74, 6) is 2.54. The highest BCUT2D eigenvalue weighted by atomic mass is 16.3.